The SMILES string of the molecule is CCOc1cc(/C=N\NC(=O)c2ccc(O)cc2)ccc1OCc1ccccc1. The minimum Gasteiger partial charge on any atom is -0.508 e. The number of carbonyl (C=O) groups is 1. The van der Waals surface area contributed by atoms with Crippen LogP contribution in [0.25, 0.3) is 0 Å². The molecular weight excluding hydrogens is 368 g/mol. The van der Waals surface area contributed by atoms with Crippen LogP contribution in [0.5, 0.6) is 17.2 Å². The molecule has 0 aromatic heterocycles. The monoisotopic (exact) mass is 390 g/mol. The predicted octanol–water partition coefficient (Wildman–Crippen LogP) is 4.13. The summed E-state index contributed by atoms with van der Waals surface area (Å²) < 4.78 is 11.6. The van der Waals surface area contributed by atoms with Gasteiger partial charge in [0.05, 0.1) is 12.8 Å². The van der Waals surface area contributed by atoms with Crippen molar-refractivity contribution >= 4 is 12.1 Å². The molecule has 148 valence electrons. The van der Waals surface area contributed by atoms with Crippen molar-refractivity contribution in [3.63, 3.8) is 0 Å². The Hall–Kier alpha value is -3.80. The smallest absolute Gasteiger partial charge is 0.271 e. The Morgan fingerprint density at radius 2 is 1.76 bits per heavy atom. The number of rotatable bonds is 8. The zero-order valence-corrected chi connectivity index (χ0v) is 16.0. The second kappa shape index (κ2) is 9.94. The van der Waals surface area contributed by atoms with Crippen LogP contribution in [0, 0.1) is 0 Å². The lowest BCUT2D eigenvalue weighted by Crippen LogP contribution is -2.17. The van der Waals surface area contributed by atoms with E-state index in [2.05, 4.69) is 10.5 Å². The van der Waals surface area contributed by atoms with E-state index >= 15 is 0 Å². The third-order valence-corrected chi connectivity index (χ3v) is 4.01. The maximum absolute atomic E-state index is 12.0. The number of nitrogens with zero attached hydrogens (tertiary/aromatic N) is 1. The number of phenolic OH excluding ortho intramolecular Hbond substituents is 1. The van der Waals surface area contributed by atoms with E-state index in [-0.39, 0.29) is 11.7 Å². The summed E-state index contributed by atoms with van der Waals surface area (Å²) in [5.41, 5.74) is 4.68. The Morgan fingerprint density at radius 3 is 2.48 bits per heavy atom. The van der Waals surface area contributed by atoms with E-state index in [1.54, 1.807) is 6.07 Å². The van der Waals surface area contributed by atoms with Crippen LogP contribution >= 0.6 is 0 Å². The molecule has 0 fully saturated rings. The highest BCUT2D eigenvalue weighted by Gasteiger charge is 2.07. The molecule has 0 heterocycles. The molecule has 0 aliphatic heterocycles. The molecule has 0 spiro atoms. The standard InChI is InChI=1S/C23H22N2O4/c1-2-28-22-14-18(8-13-21(22)29-16-17-6-4-3-5-7-17)15-24-25-23(27)19-9-11-20(26)12-10-19/h3-15,26H,2,16H2,1H3,(H,25,27)/b24-15-. The van der Waals surface area contributed by atoms with Crippen LogP contribution < -0.4 is 14.9 Å². The Bertz CT molecular complexity index is 970. The van der Waals surface area contributed by atoms with Crippen molar-refractivity contribution in [1.82, 2.24) is 5.43 Å². The van der Waals surface area contributed by atoms with Crippen LogP contribution in [0.1, 0.15) is 28.4 Å². The Labute approximate surface area is 169 Å². The summed E-state index contributed by atoms with van der Waals surface area (Å²) in [6.07, 6.45) is 1.53. The number of amides is 1. The summed E-state index contributed by atoms with van der Waals surface area (Å²) in [5.74, 6) is 0.982. The highest BCUT2D eigenvalue weighted by Crippen LogP contribution is 2.28. The number of ether oxygens (including phenoxy) is 2. The average Bonchev–Trinajstić information content (AvgIpc) is 2.74. The topological polar surface area (TPSA) is 80.2 Å². The van der Waals surface area contributed by atoms with Gasteiger partial charge in [-0.1, -0.05) is 30.3 Å². The first-order valence-electron chi connectivity index (χ1n) is 9.21. The van der Waals surface area contributed by atoms with E-state index < -0.39 is 0 Å². The van der Waals surface area contributed by atoms with Gasteiger partial charge in [0.1, 0.15) is 12.4 Å². The third kappa shape index (κ3) is 5.84. The fraction of sp³-hybridized carbons (Fsp3) is 0.130. The minimum absolute atomic E-state index is 0.100. The second-order valence-corrected chi connectivity index (χ2v) is 6.16. The first-order chi connectivity index (χ1) is 14.2. The molecule has 29 heavy (non-hydrogen) atoms. The lowest BCUT2D eigenvalue weighted by molar-refractivity contribution is 0.0955. The molecule has 6 nitrogen and oxygen atoms in total. The quantitative estimate of drug-likeness (QED) is 0.448. The summed E-state index contributed by atoms with van der Waals surface area (Å²) in [4.78, 5) is 12.0. The fourth-order valence-corrected chi connectivity index (χ4v) is 2.57. The van der Waals surface area contributed by atoms with E-state index in [1.165, 1.54) is 30.5 Å². The molecule has 3 rings (SSSR count). The summed E-state index contributed by atoms with van der Waals surface area (Å²) in [6.45, 7) is 2.84. The maximum atomic E-state index is 12.0. The van der Waals surface area contributed by atoms with E-state index in [4.69, 9.17) is 9.47 Å². The van der Waals surface area contributed by atoms with E-state index in [9.17, 15) is 9.90 Å². The zero-order valence-electron chi connectivity index (χ0n) is 16.0. The molecular formula is C23H22N2O4. The van der Waals surface area contributed by atoms with Crippen LogP contribution in [0.3, 0.4) is 0 Å². The van der Waals surface area contributed by atoms with Gasteiger partial charge >= 0.3 is 0 Å². The number of phenols is 1. The Balaban J connectivity index is 1.64. The van der Waals surface area contributed by atoms with Gasteiger partial charge in [-0.3, -0.25) is 4.79 Å². The van der Waals surface area contributed by atoms with Crippen molar-refractivity contribution in [2.24, 2.45) is 5.10 Å². The zero-order chi connectivity index (χ0) is 20.5. The minimum atomic E-state index is -0.367. The molecule has 1 amide bonds. The lowest BCUT2D eigenvalue weighted by atomic mass is 10.2. The largest absolute Gasteiger partial charge is 0.508 e. The van der Waals surface area contributed by atoms with Crippen molar-refractivity contribution in [2.45, 2.75) is 13.5 Å². The van der Waals surface area contributed by atoms with Crippen molar-refractivity contribution in [3.05, 3.63) is 89.5 Å². The van der Waals surface area contributed by atoms with Gasteiger partial charge in [-0.05, 0) is 60.5 Å². The summed E-state index contributed by atoms with van der Waals surface area (Å²) in [5, 5.41) is 13.3. The molecule has 0 aliphatic carbocycles. The molecule has 0 saturated heterocycles. The molecule has 2 N–H and O–H groups in total. The van der Waals surface area contributed by atoms with Gasteiger partial charge in [0.25, 0.3) is 5.91 Å². The molecule has 0 aliphatic rings. The number of hydrogen-bond donors (Lipinski definition) is 2. The normalized spacial score (nSPS) is 10.7. The third-order valence-electron chi connectivity index (χ3n) is 4.01. The highest BCUT2D eigenvalue weighted by molar-refractivity contribution is 5.95. The first kappa shape index (κ1) is 19.9. The molecule has 0 bridgehead atoms. The molecule has 0 atom stereocenters. The van der Waals surface area contributed by atoms with Crippen molar-refractivity contribution in [3.8, 4) is 17.2 Å². The average molecular weight is 390 g/mol. The van der Waals surface area contributed by atoms with Crippen LogP contribution in [0.4, 0.5) is 0 Å². The van der Waals surface area contributed by atoms with Crippen molar-refractivity contribution in [1.29, 1.82) is 0 Å². The van der Waals surface area contributed by atoms with Crippen molar-refractivity contribution < 1.29 is 19.4 Å². The van der Waals surface area contributed by atoms with Gasteiger partial charge in [0.15, 0.2) is 11.5 Å². The molecule has 0 saturated carbocycles. The van der Waals surface area contributed by atoms with Crippen LogP contribution in [-0.2, 0) is 6.61 Å². The lowest BCUT2D eigenvalue weighted by Gasteiger charge is -2.12. The number of benzene rings is 3. The van der Waals surface area contributed by atoms with Gasteiger partial charge in [0.2, 0.25) is 0 Å². The Kier molecular flexibility index (Phi) is 6.84. The first-order valence-corrected chi connectivity index (χ1v) is 9.21. The number of nitrogens with one attached hydrogen (secondary N) is 1. The predicted molar refractivity (Wildman–Crippen MR) is 112 cm³/mol. The van der Waals surface area contributed by atoms with Crippen LogP contribution in [-0.4, -0.2) is 23.8 Å². The van der Waals surface area contributed by atoms with Gasteiger partial charge in [-0.15, -0.1) is 0 Å². The number of hydrazone groups is 1. The van der Waals surface area contributed by atoms with Crippen LogP contribution in [0.15, 0.2) is 77.9 Å². The molecule has 0 unspecified atom stereocenters. The highest BCUT2D eigenvalue weighted by atomic mass is 16.5. The maximum Gasteiger partial charge on any atom is 0.271 e. The van der Waals surface area contributed by atoms with Crippen molar-refractivity contribution in [2.75, 3.05) is 6.61 Å². The van der Waals surface area contributed by atoms with E-state index in [0.717, 1.165) is 11.1 Å². The second-order valence-electron chi connectivity index (χ2n) is 6.16. The Morgan fingerprint density at radius 1 is 1.00 bits per heavy atom. The summed E-state index contributed by atoms with van der Waals surface area (Å²) in [6, 6.07) is 21.3. The summed E-state index contributed by atoms with van der Waals surface area (Å²) >= 11 is 0. The van der Waals surface area contributed by atoms with Gasteiger partial charge in [-0.2, -0.15) is 5.10 Å². The van der Waals surface area contributed by atoms with E-state index in [1.807, 2.05) is 49.4 Å². The van der Waals surface area contributed by atoms with Crippen LogP contribution in [0.2, 0.25) is 0 Å². The number of hydrogen-bond acceptors (Lipinski definition) is 5. The fourth-order valence-electron chi connectivity index (χ4n) is 2.57. The number of carbonyl (C=O) groups excluding carboxylic acids is 1. The van der Waals surface area contributed by atoms with Gasteiger partial charge in [-0.25, -0.2) is 5.43 Å². The van der Waals surface area contributed by atoms with Gasteiger partial charge < -0.3 is 14.6 Å². The molecule has 3 aromatic rings. The molecule has 6 heteroatoms. The van der Waals surface area contributed by atoms with E-state index in [0.29, 0.717) is 30.3 Å². The number of aromatic hydroxyl groups is 1. The van der Waals surface area contributed by atoms with Gasteiger partial charge in [0, 0.05) is 5.56 Å². The summed E-state index contributed by atoms with van der Waals surface area (Å²) in [7, 11) is 0. The molecule has 0 radical (unpaired) electrons. The molecule has 3 aromatic carbocycles.